The van der Waals surface area contributed by atoms with Crippen molar-refractivity contribution >= 4 is 22.8 Å². The van der Waals surface area contributed by atoms with Crippen LogP contribution in [-0.4, -0.2) is 61.7 Å². The number of nitrogens with zero attached hydrogens (tertiary/aromatic N) is 6. The number of hydrogen-bond acceptors (Lipinski definition) is 6. The molecule has 0 aliphatic carbocycles. The summed E-state index contributed by atoms with van der Waals surface area (Å²) >= 11 is 0. The average Bonchev–Trinajstić information content (AvgIpc) is 3.32. The Balaban J connectivity index is 1.21. The van der Waals surface area contributed by atoms with Crippen molar-refractivity contribution in [1.29, 1.82) is 0 Å². The van der Waals surface area contributed by atoms with Crippen LogP contribution in [0.2, 0.25) is 0 Å². The lowest BCUT2D eigenvalue weighted by atomic mass is 10.2. The summed E-state index contributed by atoms with van der Waals surface area (Å²) in [4.78, 5) is 40.1. The maximum absolute atomic E-state index is 12.8. The number of hydrogen-bond donors (Lipinski definition) is 1. The number of alkyl halides is 3. The van der Waals surface area contributed by atoms with Crippen LogP contribution in [0.15, 0.2) is 59.7 Å². The summed E-state index contributed by atoms with van der Waals surface area (Å²) in [5.74, 6) is 0.751. The van der Waals surface area contributed by atoms with Gasteiger partial charge in [0.15, 0.2) is 5.65 Å². The number of rotatable bonds is 5. The Bertz CT molecular complexity index is 1420. The Hall–Kier alpha value is -4.22. The van der Waals surface area contributed by atoms with Gasteiger partial charge >= 0.3 is 6.18 Å². The number of nitrogens with one attached hydrogen (secondary N) is 1. The molecule has 0 bridgehead atoms. The number of para-hydroxylation sites is 1. The largest absolute Gasteiger partial charge is 0.417 e. The Kier molecular flexibility index (Phi) is 6.17. The normalized spacial score (nSPS) is 14.4. The minimum absolute atomic E-state index is 0.0886. The summed E-state index contributed by atoms with van der Waals surface area (Å²) in [6.45, 7) is 1.76. The monoisotopic (exact) mass is 497 g/mol. The number of fused-ring (bicyclic) bond motifs is 1. The lowest BCUT2D eigenvalue weighted by molar-refractivity contribution is -0.137. The van der Waals surface area contributed by atoms with Crippen molar-refractivity contribution < 1.29 is 18.0 Å². The van der Waals surface area contributed by atoms with Crippen molar-refractivity contribution in [3.05, 3.63) is 76.6 Å². The molecule has 0 atom stereocenters. The molecule has 4 heterocycles. The van der Waals surface area contributed by atoms with E-state index in [0.717, 1.165) is 18.0 Å². The zero-order valence-corrected chi connectivity index (χ0v) is 19.1. The van der Waals surface area contributed by atoms with Crippen molar-refractivity contribution in [1.82, 2.24) is 29.6 Å². The molecule has 9 nitrogen and oxygen atoms in total. The zero-order valence-electron chi connectivity index (χ0n) is 19.1. The SMILES string of the molecule is O=C(CCc1nc2c(cnn2-c2ccccc2)c(=O)[nH]1)N1CCN(c2ccc(C(F)(F)F)cn2)CC1. The first kappa shape index (κ1) is 23.5. The van der Waals surface area contributed by atoms with E-state index in [0.29, 0.717) is 48.9 Å². The first-order valence-corrected chi connectivity index (χ1v) is 11.4. The minimum atomic E-state index is -4.43. The van der Waals surface area contributed by atoms with Gasteiger partial charge < -0.3 is 14.8 Å². The van der Waals surface area contributed by atoms with Crippen molar-refractivity contribution in [2.45, 2.75) is 19.0 Å². The molecule has 1 aromatic carbocycles. The number of piperazine rings is 1. The van der Waals surface area contributed by atoms with E-state index in [1.54, 1.807) is 9.58 Å². The molecule has 36 heavy (non-hydrogen) atoms. The first-order chi connectivity index (χ1) is 17.3. The van der Waals surface area contributed by atoms with Crippen LogP contribution in [0.5, 0.6) is 0 Å². The van der Waals surface area contributed by atoms with Gasteiger partial charge in [-0.2, -0.15) is 18.3 Å². The van der Waals surface area contributed by atoms with Crippen molar-refractivity contribution in [2.75, 3.05) is 31.1 Å². The van der Waals surface area contributed by atoms with Gasteiger partial charge in [0.05, 0.1) is 17.4 Å². The standard InChI is InChI=1S/C24H22F3N7O2/c25-24(26,27)16-6-8-20(28-14-16)32-10-12-33(13-11-32)21(35)9-7-19-30-22-18(23(36)31-19)15-29-34(22)17-4-2-1-3-5-17/h1-6,8,14-15H,7,9-13H2,(H,30,31,36). The van der Waals surface area contributed by atoms with Crippen LogP contribution in [0.1, 0.15) is 17.8 Å². The van der Waals surface area contributed by atoms with E-state index in [1.807, 2.05) is 35.2 Å². The number of aryl methyl sites for hydroxylation is 1. The van der Waals surface area contributed by atoms with Gasteiger partial charge in [0.25, 0.3) is 5.56 Å². The summed E-state index contributed by atoms with van der Waals surface area (Å²) in [5.41, 5.74) is 0.0806. The van der Waals surface area contributed by atoms with E-state index >= 15 is 0 Å². The Morgan fingerprint density at radius 2 is 1.75 bits per heavy atom. The van der Waals surface area contributed by atoms with E-state index in [4.69, 9.17) is 0 Å². The predicted octanol–water partition coefficient (Wildman–Crippen LogP) is 2.80. The van der Waals surface area contributed by atoms with Gasteiger partial charge in [-0.25, -0.2) is 14.6 Å². The fraction of sp³-hybridized carbons (Fsp3) is 0.292. The maximum atomic E-state index is 12.8. The predicted molar refractivity (Wildman–Crippen MR) is 126 cm³/mol. The summed E-state index contributed by atoms with van der Waals surface area (Å²) in [7, 11) is 0. The summed E-state index contributed by atoms with van der Waals surface area (Å²) in [6.07, 6.45) is -1.73. The Morgan fingerprint density at radius 3 is 2.42 bits per heavy atom. The van der Waals surface area contributed by atoms with Gasteiger partial charge in [0.2, 0.25) is 5.91 Å². The summed E-state index contributed by atoms with van der Waals surface area (Å²) < 4.78 is 39.8. The fourth-order valence-corrected chi connectivity index (χ4v) is 4.15. The molecule has 3 aromatic heterocycles. The van der Waals surface area contributed by atoms with Crippen LogP contribution in [-0.2, 0) is 17.4 Å². The third kappa shape index (κ3) is 4.79. The second-order valence-electron chi connectivity index (χ2n) is 8.41. The van der Waals surface area contributed by atoms with Crippen molar-refractivity contribution in [3.63, 3.8) is 0 Å². The number of aromatic nitrogens is 5. The van der Waals surface area contributed by atoms with E-state index in [-0.39, 0.29) is 24.3 Å². The van der Waals surface area contributed by atoms with Gasteiger partial charge in [0, 0.05) is 45.2 Å². The molecular weight excluding hydrogens is 475 g/mol. The lowest BCUT2D eigenvalue weighted by Gasteiger charge is -2.35. The van der Waals surface area contributed by atoms with Crippen LogP contribution < -0.4 is 10.5 Å². The molecule has 1 aliphatic rings. The second-order valence-corrected chi connectivity index (χ2v) is 8.41. The van der Waals surface area contributed by atoms with Gasteiger partial charge in [0.1, 0.15) is 17.0 Å². The van der Waals surface area contributed by atoms with Gasteiger partial charge in [-0.15, -0.1) is 0 Å². The Labute approximate surface area is 203 Å². The van der Waals surface area contributed by atoms with Crippen LogP contribution >= 0.6 is 0 Å². The smallest absolute Gasteiger partial charge is 0.353 e. The van der Waals surface area contributed by atoms with Gasteiger partial charge in [-0.1, -0.05) is 18.2 Å². The second kappa shape index (κ2) is 9.44. The van der Waals surface area contributed by atoms with E-state index < -0.39 is 11.7 Å². The molecule has 12 heteroatoms. The molecule has 0 saturated carbocycles. The molecule has 1 saturated heterocycles. The minimum Gasteiger partial charge on any atom is -0.353 e. The molecule has 1 fully saturated rings. The van der Waals surface area contributed by atoms with Crippen molar-refractivity contribution in [3.8, 4) is 5.69 Å². The van der Waals surface area contributed by atoms with Crippen LogP contribution in [0.4, 0.5) is 19.0 Å². The number of anilines is 1. The summed E-state index contributed by atoms with van der Waals surface area (Å²) in [6, 6.07) is 11.7. The quantitative estimate of drug-likeness (QED) is 0.455. The van der Waals surface area contributed by atoms with E-state index in [2.05, 4.69) is 20.1 Å². The first-order valence-electron chi connectivity index (χ1n) is 11.4. The third-order valence-electron chi connectivity index (χ3n) is 6.10. The maximum Gasteiger partial charge on any atom is 0.417 e. The number of carbonyl (C=O) groups excluding carboxylic acids is 1. The van der Waals surface area contributed by atoms with Crippen LogP contribution in [0, 0.1) is 0 Å². The number of H-pyrrole nitrogens is 1. The summed E-state index contributed by atoms with van der Waals surface area (Å²) in [5, 5.41) is 4.64. The average molecular weight is 497 g/mol. The number of carbonyl (C=O) groups is 1. The molecule has 0 radical (unpaired) electrons. The number of halogens is 3. The third-order valence-corrected chi connectivity index (χ3v) is 6.10. The van der Waals surface area contributed by atoms with E-state index in [9.17, 15) is 22.8 Å². The van der Waals surface area contributed by atoms with Gasteiger partial charge in [-0.3, -0.25) is 9.59 Å². The molecule has 1 amide bonds. The molecule has 0 spiro atoms. The number of benzene rings is 1. The molecule has 4 aromatic rings. The van der Waals surface area contributed by atoms with Crippen molar-refractivity contribution in [2.24, 2.45) is 0 Å². The highest BCUT2D eigenvalue weighted by Gasteiger charge is 2.31. The molecule has 0 unspecified atom stereocenters. The molecule has 5 rings (SSSR count). The molecule has 1 aliphatic heterocycles. The molecular formula is C24H22F3N7O2. The van der Waals surface area contributed by atoms with Crippen LogP contribution in [0.25, 0.3) is 16.7 Å². The molecule has 1 N–H and O–H groups in total. The number of amides is 1. The zero-order chi connectivity index (χ0) is 25.3. The highest BCUT2D eigenvalue weighted by molar-refractivity contribution is 5.77. The van der Waals surface area contributed by atoms with E-state index in [1.165, 1.54) is 12.3 Å². The fourth-order valence-electron chi connectivity index (χ4n) is 4.15. The number of pyridine rings is 1. The number of aromatic amines is 1. The van der Waals surface area contributed by atoms with Gasteiger partial charge in [-0.05, 0) is 24.3 Å². The highest BCUT2D eigenvalue weighted by Crippen LogP contribution is 2.29. The lowest BCUT2D eigenvalue weighted by Crippen LogP contribution is -2.49. The highest BCUT2D eigenvalue weighted by atomic mass is 19.4. The van der Waals surface area contributed by atoms with Crippen LogP contribution in [0.3, 0.4) is 0 Å². The molecule has 186 valence electrons. The Morgan fingerprint density at radius 1 is 1.00 bits per heavy atom. The topological polar surface area (TPSA) is 100 Å².